The van der Waals surface area contributed by atoms with Crippen LogP contribution in [0.3, 0.4) is 0 Å². The Morgan fingerprint density at radius 3 is 2.52 bits per heavy atom. The monoisotopic (exact) mass is 340 g/mol. The number of ether oxygens (including phenoxy) is 1. The molecule has 0 aromatic heterocycles. The molecular formula is C21H28N2O2. The zero-order chi connectivity index (χ0) is 18.2. The lowest BCUT2D eigenvalue weighted by molar-refractivity contribution is -0.127. The second kappa shape index (κ2) is 9.11. The van der Waals surface area contributed by atoms with E-state index < -0.39 is 6.10 Å². The highest BCUT2D eigenvalue weighted by Gasteiger charge is 2.14. The Hall–Kier alpha value is -2.49. The zero-order valence-corrected chi connectivity index (χ0v) is 15.6. The van der Waals surface area contributed by atoms with Crippen molar-refractivity contribution in [3.05, 3.63) is 59.7 Å². The molecule has 0 heterocycles. The molecule has 0 aliphatic heterocycles. The molecule has 0 bridgehead atoms. The van der Waals surface area contributed by atoms with Gasteiger partial charge in [0.15, 0.2) is 6.10 Å². The molecule has 0 spiro atoms. The van der Waals surface area contributed by atoms with E-state index in [0.717, 1.165) is 24.3 Å². The van der Waals surface area contributed by atoms with E-state index in [1.807, 2.05) is 43.3 Å². The van der Waals surface area contributed by atoms with Crippen molar-refractivity contribution in [1.29, 1.82) is 0 Å². The zero-order valence-electron chi connectivity index (χ0n) is 15.6. The number of carbonyl (C=O) groups is 1. The lowest BCUT2D eigenvalue weighted by atomic mass is 10.1. The molecule has 0 unspecified atom stereocenters. The summed E-state index contributed by atoms with van der Waals surface area (Å²) in [7, 11) is 2.06. The summed E-state index contributed by atoms with van der Waals surface area (Å²) < 4.78 is 5.74. The van der Waals surface area contributed by atoms with Gasteiger partial charge in [-0.3, -0.25) is 4.79 Å². The SMILES string of the molecule is Cc1ccc(O[C@H](C)C(=O)NCCCN(C)c2ccccc2)cc1C. The molecule has 1 atom stereocenters. The van der Waals surface area contributed by atoms with Gasteiger partial charge in [-0.05, 0) is 62.6 Å². The molecule has 4 nitrogen and oxygen atoms in total. The molecule has 0 aliphatic carbocycles. The Kier molecular flexibility index (Phi) is 6.87. The van der Waals surface area contributed by atoms with Gasteiger partial charge >= 0.3 is 0 Å². The average molecular weight is 340 g/mol. The first-order chi connectivity index (χ1) is 12.0. The third-order valence-corrected chi connectivity index (χ3v) is 4.33. The van der Waals surface area contributed by atoms with E-state index in [1.54, 1.807) is 6.92 Å². The number of benzene rings is 2. The van der Waals surface area contributed by atoms with E-state index in [4.69, 9.17) is 4.74 Å². The van der Waals surface area contributed by atoms with Gasteiger partial charge in [-0.1, -0.05) is 24.3 Å². The third-order valence-electron chi connectivity index (χ3n) is 4.33. The number of aryl methyl sites for hydroxylation is 2. The Morgan fingerprint density at radius 2 is 1.84 bits per heavy atom. The molecule has 134 valence electrons. The van der Waals surface area contributed by atoms with Crippen LogP contribution in [0.15, 0.2) is 48.5 Å². The van der Waals surface area contributed by atoms with Crippen LogP contribution in [0.5, 0.6) is 5.75 Å². The van der Waals surface area contributed by atoms with Crippen LogP contribution in [0.2, 0.25) is 0 Å². The summed E-state index contributed by atoms with van der Waals surface area (Å²) in [5.41, 5.74) is 3.56. The minimum Gasteiger partial charge on any atom is -0.481 e. The van der Waals surface area contributed by atoms with Crippen molar-refractivity contribution in [2.75, 3.05) is 25.0 Å². The van der Waals surface area contributed by atoms with Crippen LogP contribution >= 0.6 is 0 Å². The fourth-order valence-electron chi connectivity index (χ4n) is 2.53. The molecule has 4 heteroatoms. The Bertz CT molecular complexity index is 686. The van der Waals surface area contributed by atoms with Crippen LogP contribution in [0.4, 0.5) is 5.69 Å². The number of rotatable bonds is 8. The van der Waals surface area contributed by atoms with E-state index in [1.165, 1.54) is 11.3 Å². The molecule has 2 aromatic carbocycles. The molecule has 0 fully saturated rings. The van der Waals surface area contributed by atoms with E-state index in [-0.39, 0.29) is 5.91 Å². The minimum absolute atomic E-state index is 0.0828. The number of anilines is 1. The highest BCUT2D eigenvalue weighted by molar-refractivity contribution is 5.80. The van der Waals surface area contributed by atoms with Crippen molar-refractivity contribution in [2.45, 2.75) is 33.3 Å². The van der Waals surface area contributed by atoms with Gasteiger partial charge in [0.05, 0.1) is 0 Å². The lowest BCUT2D eigenvalue weighted by Crippen LogP contribution is -2.37. The first kappa shape index (κ1) is 18.8. The van der Waals surface area contributed by atoms with Crippen LogP contribution in [-0.4, -0.2) is 32.1 Å². The van der Waals surface area contributed by atoms with Gasteiger partial charge in [-0.25, -0.2) is 0 Å². The Labute approximate surface area is 150 Å². The number of para-hydroxylation sites is 1. The minimum atomic E-state index is -0.506. The van der Waals surface area contributed by atoms with Crippen LogP contribution in [0.25, 0.3) is 0 Å². The second-order valence-electron chi connectivity index (χ2n) is 6.41. The first-order valence-corrected chi connectivity index (χ1v) is 8.75. The predicted octanol–water partition coefficient (Wildman–Crippen LogP) is 3.71. The highest BCUT2D eigenvalue weighted by atomic mass is 16.5. The number of hydrogen-bond donors (Lipinski definition) is 1. The summed E-state index contributed by atoms with van der Waals surface area (Å²) in [6.07, 6.45) is 0.377. The van der Waals surface area contributed by atoms with Crippen LogP contribution in [-0.2, 0) is 4.79 Å². The number of hydrogen-bond acceptors (Lipinski definition) is 3. The maximum absolute atomic E-state index is 12.2. The normalized spacial score (nSPS) is 11.7. The first-order valence-electron chi connectivity index (χ1n) is 8.75. The molecule has 0 saturated carbocycles. The van der Waals surface area contributed by atoms with E-state index in [0.29, 0.717) is 6.54 Å². The molecule has 25 heavy (non-hydrogen) atoms. The summed E-state index contributed by atoms with van der Waals surface area (Å²) >= 11 is 0. The van der Waals surface area contributed by atoms with Gasteiger partial charge in [0.2, 0.25) is 0 Å². The van der Waals surface area contributed by atoms with Gasteiger partial charge in [-0.15, -0.1) is 0 Å². The fourth-order valence-corrected chi connectivity index (χ4v) is 2.53. The molecule has 0 saturated heterocycles. The topological polar surface area (TPSA) is 41.6 Å². The number of amides is 1. The van der Waals surface area contributed by atoms with Crippen molar-refractivity contribution in [2.24, 2.45) is 0 Å². The number of nitrogens with one attached hydrogen (secondary N) is 1. The highest BCUT2D eigenvalue weighted by Crippen LogP contribution is 2.17. The van der Waals surface area contributed by atoms with Crippen molar-refractivity contribution >= 4 is 11.6 Å². The Balaban J connectivity index is 1.71. The van der Waals surface area contributed by atoms with Crippen LogP contribution in [0.1, 0.15) is 24.5 Å². The van der Waals surface area contributed by atoms with Crippen molar-refractivity contribution < 1.29 is 9.53 Å². The van der Waals surface area contributed by atoms with Crippen molar-refractivity contribution in [1.82, 2.24) is 5.32 Å². The lowest BCUT2D eigenvalue weighted by Gasteiger charge is -2.20. The predicted molar refractivity (Wildman–Crippen MR) is 103 cm³/mol. The Morgan fingerprint density at radius 1 is 1.12 bits per heavy atom. The summed E-state index contributed by atoms with van der Waals surface area (Å²) in [4.78, 5) is 14.3. The summed E-state index contributed by atoms with van der Waals surface area (Å²) in [6, 6.07) is 16.1. The summed E-state index contributed by atoms with van der Waals surface area (Å²) in [6.45, 7) is 7.39. The molecule has 0 radical (unpaired) electrons. The molecule has 0 aliphatic rings. The average Bonchev–Trinajstić information content (AvgIpc) is 2.62. The smallest absolute Gasteiger partial charge is 0.260 e. The van der Waals surface area contributed by atoms with E-state index in [9.17, 15) is 4.79 Å². The molecule has 1 N–H and O–H groups in total. The second-order valence-corrected chi connectivity index (χ2v) is 6.41. The third kappa shape index (κ3) is 5.82. The van der Waals surface area contributed by atoms with Gasteiger partial charge in [-0.2, -0.15) is 0 Å². The number of carbonyl (C=O) groups excluding carboxylic acids is 1. The molecule has 2 rings (SSSR count). The largest absolute Gasteiger partial charge is 0.481 e. The maximum atomic E-state index is 12.2. The summed E-state index contributed by atoms with van der Waals surface area (Å²) in [5.74, 6) is 0.648. The van der Waals surface area contributed by atoms with Crippen LogP contribution < -0.4 is 15.0 Å². The molecular weight excluding hydrogens is 312 g/mol. The van der Waals surface area contributed by atoms with Gasteiger partial charge < -0.3 is 15.0 Å². The number of nitrogens with zero attached hydrogens (tertiary/aromatic N) is 1. The van der Waals surface area contributed by atoms with Gasteiger partial charge in [0.25, 0.3) is 5.91 Å². The quantitative estimate of drug-likeness (QED) is 0.745. The van der Waals surface area contributed by atoms with Crippen molar-refractivity contribution in [3.8, 4) is 5.75 Å². The van der Waals surface area contributed by atoms with E-state index in [2.05, 4.69) is 36.3 Å². The maximum Gasteiger partial charge on any atom is 0.260 e. The van der Waals surface area contributed by atoms with E-state index >= 15 is 0 Å². The van der Waals surface area contributed by atoms with Gasteiger partial charge in [0, 0.05) is 25.8 Å². The van der Waals surface area contributed by atoms with Gasteiger partial charge in [0.1, 0.15) is 5.75 Å². The molecule has 2 aromatic rings. The van der Waals surface area contributed by atoms with Crippen LogP contribution in [0, 0.1) is 13.8 Å². The summed E-state index contributed by atoms with van der Waals surface area (Å²) in [5, 5.41) is 2.94. The fraction of sp³-hybridized carbons (Fsp3) is 0.381. The standard InChI is InChI=1S/C21H28N2O2/c1-16-11-12-20(15-17(16)2)25-18(3)21(24)22-13-8-14-23(4)19-9-6-5-7-10-19/h5-7,9-12,15,18H,8,13-14H2,1-4H3,(H,22,24)/t18-/m1/s1. The molecule has 1 amide bonds. The van der Waals surface area contributed by atoms with Crippen molar-refractivity contribution in [3.63, 3.8) is 0 Å².